The van der Waals surface area contributed by atoms with E-state index in [2.05, 4.69) is 5.32 Å². The number of carboxylic acid groups (broad SMARTS) is 1. The van der Waals surface area contributed by atoms with Gasteiger partial charge in [-0.1, -0.05) is 0 Å². The monoisotopic (exact) mass is 264 g/mol. The highest BCUT2D eigenvalue weighted by Gasteiger charge is 2.23. The second-order valence-electron chi connectivity index (χ2n) is 4.61. The molecular formula is C13H16N2O4. The molecule has 3 N–H and O–H groups in total. The van der Waals surface area contributed by atoms with Crippen molar-refractivity contribution < 1.29 is 19.8 Å². The Bertz CT molecular complexity index is 515. The minimum absolute atomic E-state index is 0.0538. The molecule has 0 radical (unpaired) electrons. The van der Waals surface area contributed by atoms with E-state index in [0.29, 0.717) is 6.42 Å². The number of likely N-dealkylation sites (N-methyl/N-ethyl adjacent to an activating group) is 1. The first-order valence-electron chi connectivity index (χ1n) is 6.00. The molecule has 0 aromatic heterocycles. The zero-order valence-corrected chi connectivity index (χ0v) is 10.6. The Kier molecular flexibility index (Phi) is 3.71. The quantitative estimate of drug-likeness (QED) is 0.718. The number of nitrogens with one attached hydrogen (secondary N) is 1. The third-order valence-corrected chi connectivity index (χ3v) is 3.11. The molecule has 1 aliphatic rings. The van der Waals surface area contributed by atoms with Crippen molar-refractivity contribution in [1.82, 2.24) is 0 Å². The molecule has 0 spiro atoms. The van der Waals surface area contributed by atoms with Gasteiger partial charge in [-0.3, -0.25) is 9.59 Å². The standard InChI is InChI=1S/C13H16N2O4/c1-15-11-3-2-9(4-8(11)5-12(15)17)14-7-10(16)6-13(18)19/h2-4,10,14,16H,5-7H2,1H3,(H,18,19). The van der Waals surface area contributed by atoms with Gasteiger partial charge in [0.15, 0.2) is 0 Å². The van der Waals surface area contributed by atoms with Crippen LogP contribution in [0.3, 0.4) is 0 Å². The summed E-state index contributed by atoms with van der Waals surface area (Å²) in [5.41, 5.74) is 2.60. The maximum Gasteiger partial charge on any atom is 0.306 e. The number of carbonyl (C=O) groups excluding carboxylic acids is 1. The average Bonchev–Trinajstić information content (AvgIpc) is 2.61. The van der Waals surface area contributed by atoms with Gasteiger partial charge in [0.2, 0.25) is 5.91 Å². The van der Waals surface area contributed by atoms with Gasteiger partial charge in [0.05, 0.1) is 18.9 Å². The maximum absolute atomic E-state index is 11.5. The van der Waals surface area contributed by atoms with Crippen LogP contribution >= 0.6 is 0 Å². The van der Waals surface area contributed by atoms with Crippen LogP contribution in [-0.4, -0.2) is 41.8 Å². The first kappa shape index (κ1) is 13.4. The molecule has 102 valence electrons. The van der Waals surface area contributed by atoms with Gasteiger partial charge in [-0.2, -0.15) is 0 Å². The fourth-order valence-corrected chi connectivity index (χ4v) is 2.09. The highest BCUT2D eigenvalue weighted by molar-refractivity contribution is 6.01. The third-order valence-electron chi connectivity index (χ3n) is 3.11. The van der Waals surface area contributed by atoms with Crippen molar-refractivity contribution in [3.05, 3.63) is 23.8 Å². The number of fused-ring (bicyclic) bond motifs is 1. The first-order chi connectivity index (χ1) is 8.97. The lowest BCUT2D eigenvalue weighted by Crippen LogP contribution is -2.22. The highest BCUT2D eigenvalue weighted by atomic mass is 16.4. The second-order valence-corrected chi connectivity index (χ2v) is 4.61. The predicted molar refractivity (Wildman–Crippen MR) is 70.3 cm³/mol. The van der Waals surface area contributed by atoms with Crippen molar-refractivity contribution >= 4 is 23.3 Å². The van der Waals surface area contributed by atoms with Gasteiger partial charge in [0, 0.05) is 25.0 Å². The summed E-state index contributed by atoms with van der Waals surface area (Å²) in [6.07, 6.45) is -0.854. The van der Waals surface area contributed by atoms with Crippen LogP contribution in [0.5, 0.6) is 0 Å². The summed E-state index contributed by atoms with van der Waals surface area (Å²) in [4.78, 5) is 23.6. The molecule has 19 heavy (non-hydrogen) atoms. The minimum atomic E-state index is -1.03. The van der Waals surface area contributed by atoms with Gasteiger partial charge >= 0.3 is 5.97 Å². The van der Waals surface area contributed by atoms with Crippen LogP contribution in [0, 0.1) is 0 Å². The lowest BCUT2D eigenvalue weighted by Gasteiger charge is -2.13. The number of rotatable bonds is 5. The fourth-order valence-electron chi connectivity index (χ4n) is 2.09. The van der Waals surface area contributed by atoms with Gasteiger partial charge in [-0.25, -0.2) is 0 Å². The number of anilines is 2. The largest absolute Gasteiger partial charge is 0.481 e. The summed E-state index contributed by atoms with van der Waals surface area (Å²) < 4.78 is 0. The minimum Gasteiger partial charge on any atom is -0.481 e. The van der Waals surface area contributed by atoms with Gasteiger partial charge in [0.25, 0.3) is 0 Å². The van der Waals surface area contributed by atoms with E-state index in [0.717, 1.165) is 16.9 Å². The Hall–Kier alpha value is -2.08. The molecule has 2 rings (SSSR count). The Morgan fingerprint density at radius 3 is 2.95 bits per heavy atom. The van der Waals surface area contributed by atoms with E-state index in [1.807, 2.05) is 12.1 Å². The van der Waals surface area contributed by atoms with Crippen LogP contribution in [-0.2, 0) is 16.0 Å². The Balaban J connectivity index is 1.98. The summed E-state index contributed by atoms with van der Waals surface area (Å²) in [5.74, 6) is -0.978. The Labute approximate surface area is 110 Å². The number of carboxylic acids is 1. The molecule has 0 saturated heterocycles. The van der Waals surface area contributed by atoms with E-state index in [1.165, 1.54) is 0 Å². The molecule has 0 fully saturated rings. The van der Waals surface area contributed by atoms with Gasteiger partial charge in [0.1, 0.15) is 0 Å². The SMILES string of the molecule is CN1C(=O)Cc2cc(NCC(O)CC(=O)O)ccc21. The van der Waals surface area contributed by atoms with E-state index >= 15 is 0 Å². The van der Waals surface area contributed by atoms with E-state index in [1.54, 1.807) is 18.0 Å². The number of amides is 1. The van der Waals surface area contributed by atoms with E-state index in [-0.39, 0.29) is 18.9 Å². The molecule has 1 aromatic rings. The number of nitrogens with zero attached hydrogens (tertiary/aromatic N) is 1. The summed E-state index contributed by atoms with van der Waals surface area (Å²) in [6, 6.07) is 5.50. The molecule has 6 nitrogen and oxygen atoms in total. The van der Waals surface area contributed by atoms with Crippen molar-refractivity contribution in [1.29, 1.82) is 0 Å². The van der Waals surface area contributed by atoms with E-state index < -0.39 is 12.1 Å². The smallest absolute Gasteiger partial charge is 0.306 e. The van der Waals surface area contributed by atoms with Gasteiger partial charge in [-0.15, -0.1) is 0 Å². The van der Waals surface area contributed by atoms with Crippen LogP contribution < -0.4 is 10.2 Å². The van der Waals surface area contributed by atoms with Crippen molar-refractivity contribution in [2.24, 2.45) is 0 Å². The molecule has 1 amide bonds. The van der Waals surface area contributed by atoms with Gasteiger partial charge < -0.3 is 20.4 Å². The molecular weight excluding hydrogens is 248 g/mol. The van der Waals surface area contributed by atoms with E-state index in [9.17, 15) is 14.7 Å². The highest BCUT2D eigenvalue weighted by Crippen LogP contribution is 2.29. The van der Waals surface area contributed by atoms with Crippen LogP contribution in [0.25, 0.3) is 0 Å². The van der Waals surface area contributed by atoms with E-state index in [4.69, 9.17) is 5.11 Å². The first-order valence-corrected chi connectivity index (χ1v) is 6.00. The summed E-state index contributed by atoms with van der Waals surface area (Å²) in [5, 5.41) is 21.0. The zero-order chi connectivity index (χ0) is 14.0. The lowest BCUT2D eigenvalue weighted by molar-refractivity contribution is -0.139. The summed E-state index contributed by atoms with van der Waals surface area (Å²) in [7, 11) is 1.73. The number of aliphatic carboxylic acids is 1. The second kappa shape index (κ2) is 5.27. The number of hydrogen-bond donors (Lipinski definition) is 3. The van der Waals surface area contributed by atoms with Gasteiger partial charge in [-0.05, 0) is 23.8 Å². The molecule has 1 heterocycles. The maximum atomic E-state index is 11.5. The van der Waals surface area contributed by atoms with Crippen LogP contribution in [0.2, 0.25) is 0 Å². The van der Waals surface area contributed by atoms with Crippen LogP contribution in [0.4, 0.5) is 11.4 Å². The predicted octanol–water partition coefficient (Wildman–Crippen LogP) is 0.453. The van der Waals surface area contributed by atoms with Crippen molar-refractivity contribution in [3.63, 3.8) is 0 Å². The molecule has 6 heteroatoms. The fraction of sp³-hybridized carbons (Fsp3) is 0.385. The van der Waals surface area contributed by atoms with Crippen molar-refractivity contribution in [3.8, 4) is 0 Å². The topological polar surface area (TPSA) is 89.9 Å². The number of hydrogen-bond acceptors (Lipinski definition) is 4. The molecule has 1 aromatic carbocycles. The molecule has 1 atom stereocenters. The number of benzene rings is 1. The Morgan fingerprint density at radius 1 is 1.53 bits per heavy atom. The zero-order valence-electron chi connectivity index (χ0n) is 10.6. The number of carbonyl (C=O) groups is 2. The van der Waals surface area contributed by atoms with Crippen LogP contribution in [0.15, 0.2) is 18.2 Å². The molecule has 0 bridgehead atoms. The summed E-state index contributed by atoms with van der Waals surface area (Å²) in [6.45, 7) is 0.162. The molecule has 0 saturated carbocycles. The molecule has 0 aliphatic carbocycles. The number of aliphatic hydroxyl groups is 1. The molecule has 1 aliphatic heterocycles. The van der Waals surface area contributed by atoms with Crippen LogP contribution in [0.1, 0.15) is 12.0 Å². The Morgan fingerprint density at radius 2 is 2.26 bits per heavy atom. The normalized spacial score (nSPS) is 15.3. The lowest BCUT2D eigenvalue weighted by atomic mass is 10.1. The van der Waals surface area contributed by atoms with Crippen molar-refractivity contribution in [2.45, 2.75) is 18.9 Å². The number of aliphatic hydroxyl groups excluding tert-OH is 1. The summed E-state index contributed by atoms with van der Waals surface area (Å²) >= 11 is 0. The third kappa shape index (κ3) is 3.03. The average molecular weight is 264 g/mol. The molecule has 1 unspecified atom stereocenters. The van der Waals surface area contributed by atoms with Crippen molar-refractivity contribution in [2.75, 3.05) is 23.8 Å².